The minimum Gasteiger partial charge on any atom is -0.497 e. The highest BCUT2D eigenvalue weighted by Gasteiger charge is 2.39. The van der Waals surface area contributed by atoms with Crippen molar-refractivity contribution < 1.29 is 24.2 Å². The van der Waals surface area contributed by atoms with Crippen LogP contribution in [0.4, 0.5) is 0 Å². The molecule has 4 rings (SSSR count). The predicted molar refractivity (Wildman–Crippen MR) is 121 cm³/mol. The van der Waals surface area contributed by atoms with Gasteiger partial charge in [-0.1, -0.05) is 24.3 Å². The summed E-state index contributed by atoms with van der Waals surface area (Å²) in [5.74, 6) is -0.340. The Bertz CT molecular complexity index is 1170. The Hall–Kier alpha value is -3.32. The van der Waals surface area contributed by atoms with E-state index < -0.39 is 16.9 Å². The van der Waals surface area contributed by atoms with Gasteiger partial charge in [-0.2, -0.15) is 0 Å². The van der Waals surface area contributed by atoms with Crippen LogP contribution in [0, 0.1) is 0 Å². The van der Waals surface area contributed by atoms with Crippen molar-refractivity contribution in [3.05, 3.63) is 65.4 Å². The summed E-state index contributed by atoms with van der Waals surface area (Å²) in [7, 11) is 3.48. The molecule has 2 N–H and O–H groups in total. The van der Waals surface area contributed by atoms with E-state index in [1.807, 2.05) is 60.1 Å². The predicted octanol–water partition coefficient (Wildman–Crippen LogP) is 3.59. The van der Waals surface area contributed by atoms with Crippen molar-refractivity contribution in [3.8, 4) is 5.75 Å². The Morgan fingerprint density at radius 1 is 1.16 bits per heavy atom. The van der Waals surface area contributed by atoms with Gasteiger partial charge in [0, 0.05) is 31.0 Å². The van der Waals surface area contributed by atoms with E-state index in [-0.39, 0.29) is 5.91 Å². The average molecular weight is 437 g/mol. The van der Waals surface area contributed by atoms with E-state index in [1.165, 1.54) is 0 Å². The first kappa shape index (κ1) is 21.9. The number of methoxy groups -OCH3 is 1. The van der Waals surface area contributed by atoms with Gasteiger partial charge in [0.15, 0.2) is 0 Å². The topological polar surface area (TPSA) is 89.8 Å². The number of nitrogens with one attached hydrogen (secondary N) is 1. The van der Waals surface area contributed by atoms with Crippen LogP contribution in [-0.2, 0) is 27.5 Å². The van der Waals surface area contributed by atoms with Gasteiger partial charge < -0.3 is 24.5 Å². The second kappa shape index (κ2) is 7.98. The fourth-order valence-corrected chi connectivity index (χ4v) is 4.25. The van der Waals surface area contributed by atoms with Gasteiger partial charge in [-0.3, -0.25) is 9.59 Å². The van der Waals surface area contributed by atoms with Gasteiger partial charge in [-0.25, -0.2) is 0 Å². The fourth-order valence-electron chi connectivity index (χ4n) is 4.25. The Kier molecular flexibility index (Phi) is 5.46. The number of hydrogen-bond acceptors (Lipinski definition) is 4. The van der Waals surface area contributed by atoms with Gasteiger partial charge in [0.25, 0.3) is 5.91 Å². The van der Waals surface area contributed by atoms with E-state index in [2.05, 4.69) is 5.32 Å². The van der Waals surface area contributed by atoms with Gasteiger partial charge in [0.05, 0.1) is 24.7 Å². The van der Waals surface area contributed by atoms with Crippen LogP contribution >= 0.6 is 0 Å². The standard InChI is InChI=1S/C25H28N2O5/c1-24(2,23(29)30)17-5-7-18(8-6-17)25(11-12-32-15-25)26-22(28)21-14-16-13-19(31-4)9-10-20(16)27(21)3/h5-10,13-14H,11-12,15H2,1-4H3,(H,26,28)(H,29,30). The lowest BCUT2D eigenvalue weighted by Gasteiger charge is -2.30. The SMILES string of the molecule is COc1ccc2c(c1)cc(C(=O)NC1(c3ccc(C(C)(C)C(=O)O)cc3)CCOC1)n2C. The molecule has 0 spiro atoms. The minimum absolute atomic E-state index is 0.192. The lowest BCUT2D eigenvalue weighted by molar-refractivity contribution is -0.142. The van der Waals surface area contributed by atoms with E-state index in [4.69, 9.17) is 9.47 Å². The van der Waals surface area contributed by atoms with Crippen molar-refractivity contribution in [2.75, 3.05) is 20.3 Å². The van der Waals surface area contributed by atoms with E-state index in [0.717, 1.165) is 22.2 Å². The van der Waals surface area contributed by atoms with Crippen molar-refractivity contribution in [1.29, 1.82) is 0 Å². The zero-order valence-corrected chi connectivity index (χ0v) is 18.8. The molecular weight excluding hydrogens is 408 g/mol. The number of benzene rings is 2. The summed E-state index contributed by atoms with van der Waals surface area (Å²) in [5.41, 5.74) is 1.42. The van der Waals surface area contributed by atoms with Crippen LogP contribution in [0.2, 0.25) is 0 Å². The lowest BCUT2D eigenvalue weighted by atomic mass is 9.82. The van der Waals surface area contributed by atoms with Crippen LogP contribution in [0.25, 0.3) is 10.9 Å². The number of carbonyl (C=O) groups excluding carboxylic acids is 1. The number of nitrogens with zero attached hydrogens (tertiary/aromatic N) is 1. The van der Waals surface area contributed by atoms with E-state index in [0.29, 0.717) is 30.9 Å². The molecule has 0 aliphatic carbocycles. The quantitative estimate of drug-likeness (QED) is 0.616. The fraction of sp³-hybridized carbons (Fsp3) is 0.360. The zero-order chi connectivity index (χ0) is 23.1. The molecule has 32 heavy (non-hydrogen) atoms. The highest BCUT2D eigenvalue weighted by atomic mass is 16.5. The first-order valence-corrected chi connectivity index (χ1v) is 10.6. The molecule has 1 aliphatic heterocycles. The zero-order valence-electron chi connectivity index (χ0n) is 18.8. The highest BCUT2D eigenvalue weighted by molar-refractivity contribution is 5.99. The molecule has 1 atom stereocenters. The first-order chi connectivity index (χ1) is 15.2. The summed E-state index contributed by atoms with van der Waals surface area (Å²) in [6.45, 7) is 4.25. The largest absolute Gasteiger partial charge is 0.497 e. The van der Waals surface area contributed by atoms with Crippen molar-refractivity contribution in [1.82, 2.24) is 9.88 Å². The Labute approximate surface area is 186 Å². The van der Waals surface area contributed by atoms with Crippen LogP contribution in [0.15, 0.2) is 48.5 Å². The molecule has 1 aliphatic rings. The maximum absolute atomic E-state index is 13.3. The summed E-state index contributed by atoms with van der Waals surface area (Å²) >= 11 is 0. The van der Waals surface area contributed by atoms with Gasteiger partial charge >= 0.3 is 5.97 Å². The molecule has 7 nitrogen and oxygen atoms in total. The molecule has 2 heterocycles. The number of ether oxygens (including phenoxy) is 2. The third kappa shape index (κ3) is 3.62. The van der Waals surface area contributed by atoms with Gasteiger partial charge in [0.2, 0.25) is 0 Å². The molecule has 0 radical (unpaired) electrons. The minimum atomic E-state index is -0.995. The smallest absolute Gasteiger partial charge is 0.313 e. The number of aromatic nitrogens is 1. The van der Waals surface area contributed by atoms with Crippen molar-refractivity contribution in [3.63, 3.8) is 0 Å². The molecule has 0 bridgehead atoms. The lowest BCUT2D eigenvalue weighted by Crippen LogP contribution is -2.47. The number of carboxylic acids is 1. The second-order valence-corrected chi connectivity index (χ2v) is 8.86. The third-order valence-corrected chi connectivity index (χ3v) is 6.55. The molecule has 0 saturated carbocycles. The van der Waals surface area contributed by atoms with Gasteiger partial charge in [-0.15, -0.1) is 0 Å². The van der Waals surface area contributed by atoms with Crippen LogP contribution in [0.5, 0.6) is 5.75 Å². The Morgan fingerprint density at radius 2 is 1.88 bits per heavy atom. The van der Waals surface area contributed by atoms with Gasteiger partial charge in [-0.05, 0) is 49.2 Å². The average Bonchev–Trinajstić information content (AvgIpc) is 3.38. The summed E-state index contributed by atoms with van der Waals surface area (Å²) in [5, 5.41) is 13.6. The molecule has 2 aromatic carbocycles. The van der Waals surface area contributed by atoms with Crippen LogP contribution in [-0.4, -0.2) is 41.9 Å². The van der Waals surface area contributed by atoms with Crippen molar-refractivity contribution in [2.45, 2.75) is 31.2 Å². The highest BCUT2D eigenvalue weighted by Crippen LogP contribution is 2.33. The van der Waals surface area contributed by atoms with E-state index in [9.17, 15) is 14.7 Å². The molecule has 7 heteroatoms. The number of aryl methyl sites for hydroxylation is 1. The molecule has 1 aromatic heterocycles. The molecule has 1 saturated heterocycles. The Balaban J connectivity index is 1.65. The molecule has 1 fully saturated rings. The maximum Gasteiger partial charge on any atom is 0.313 e. The Morgan fingerprint density at radius 3 is 2.47 bits per heavy atom. The maximum atomic E-state index is 13.3. The normalized spacial score (nSPS) is 18.6. The number of hydrogen-bond donors (Lipinski definition) is 2. The summed E-state index contributed by atoms with van der Waals surface area (Å²) in [4.78, 5) is 24.9. The first-order valence-electron chi connectivity index (χ1n) is 10.6. The third-order valence-electron chi connectivity index (χ3n) is 6.55. The van der Waals surface area contributed by atoms with Crippen LogP contribution < -0.4 is 10.1 Å². The van der Waals surface area contributed by atoms with Crippen molar-refractivity contribution >= 4 is 22.8 Å². The number of fused-ring (bicyclic) bond motifs is 1. The number of rotatable bonds is 6. The second-order valence-electron chi connectivity index (χ2n) is 8.86. The molecule has 1 amide bonds. The van der Waals surface area contributed by atoms with E-state index >= 15 is 0 Å². The molecule has 1 unspecified atom stereocenters. The molecular formula is C25H28N2O5. The van der Waals surface area contributed by atoms with E-state index in [1.54, 1.807) is 21.0 Å². The number of carbonyl (C=O) groups is 2. The summed E-state index contributed by atoms with van der Waals surface area (Å²) < 4.78 is 12.8. The van der Waals surface area contributed by atoms with Crippen LogP contribution in [0.1, 0.15) is 41.9 Å². The molecule has 168 valence electrons. The molecule has 3 aromatic rings. The van der Waals surface area contributed by atoms with Crippen molar-refractivity contribution in [2.24, 2.45) is 7.05 Å². The summed E-state index contributed by atoms with van der Waals surface area (Å²) in [6, 6.07) is 15.0. The number of carboxylic acid groups (broad SMARTS) is 1. The monoisotopic (exact) mass is 436 g/mol. The van der Waals surface area contributed by atoms with Gasteiger partial charge in [0.1, 0.15) is 11.4 Å². The number of amides is 1. The van der Waals surface area contributed by atoms with Crippen LogP contribution in [0.3, 0.4) is 0 Å². The summed E-state index contributed by atoms with van der Waals surface area (Å²) in [6.07, 6.45) is 0.637. The number of aliphatic carboxylic acids is 1.